The van der Waals surface area contributed by atoms with E-state index in [0.717, 1.165) is 29.5 Å². The van der Waals surface area contributed by atoms with Crippen molar-refractivity contribution in [2.45, 2.75) is 18.5 Å². The first-order valence-corrected chi connectivity index (χ1v) is 8.16. The predicted molar refractivity (Wildman–Crippen MR) is 89.1 cm³/mol. The van der Waals surface area contributed by atoms with E-state index in [1.807, 2.05) is 0 Å². The van der Waals surface area contributed by atoms with Crippen LogP contribution in [0.15, 0.2) is 35.5 Å². The van der Waals surface area contributed by atoms with Gasteiger partial charge < -0.3 is 4.90 Å². The summed E-state index contributed by atoms with van der Waals surface area (Å²) in [6.07, 6.45) is 1.15. The molecule has 0 bridgehead atoms. The monoisotopic (exact) mass is 300 g/mol. The first-order valence-electron chi connectivity index (χ1n) is 7.18. The van der Waals surface area contributed by atoms with E-state index in [9.17, 15) is 0 Å². The van der Waals surface area contributed by atoms with Crippen LogP contribution >= 0.6 is 11.8 Å². The molecule has 0 unspecified atom stereocenters. The summed E-state index contributed by atoms with van der Waals surface area (Å²) in [5.41, 5.74) is 3.36. The van der Waals surface area contributed by atoms with Gasteiger partial charge in [-0.25, -0.2) is 0 Å². The minimum absolute atomic E-state index is 0.932. The van der Waals surface area contributed by atoms with Crippen LogP contribution in [0.25, 0.3) is 16.6 Å². The molecule has 0 aliphatic rings. The lowest BCUT2D eigenvalue weighted by Gasteiger charge is -2.09. The largest absolute Gasteiger partial charge is 0.309 e. The van der Waals surface area contributed by atoms with Crippen LogP contribution in [0.4, 0.5) is 0 Å². The van der Waals surface area contributed by atoms with E-state index in [1.54, 1.807) is 11.8 Å². The molecule has 0 amide bonds. The van der Waals surface area contributed by atoms with Crippen LogP contribution < -0.4 is 0 Å². The van der Waals surface area contributed by atoms with Crippen molar-refractivity contribution in [2.24, 2.45) is 0 Å². The number of thioether (sulfide) groups is 1. The number of rotatable bonds is 5. The third kappa shape index (κ3) is 2.89. The van der Waals surface area contributed by atoms with Gasteiger partial charge in [-0.3, -0.25) is 4.40 Å². The molecule has 0 N–H and O–H groups in total. The van der Waals surface area contributed by atoms with Gasteiger partial charge in [0.05, 0.1) is 5.52 Å². The maximum atomic E-state index is 4.37. The van der Waals surface area contributed by atoms with Gasteiger partial charge in [0, 0.05) is 11.1 Å². The summed E-state index contributed by atoms with van der Waals surface area (Å²) in [4.78, 5) is 2.21. The van der Waals surface area contributed by atoms with Crippen LogP contribution in [-0.4, -0.2) is 45.9 Å². The summed E-state index contributed by atoms with van der Waals surface area (Å²) >= 11 is 1.78. The highest BCUT2D eigenvalue weighted by atomic mass is 32.2. The molecule has 0 aliphatic carbocycles. The van der Waals surface area contributed by atoms with E-state index in [-0.39, 0.29) is 0 Å². The average molecular weight is 300 g/mol. The molecule has 1 aromatic carbocycles. The molecule has 2 aromatic heterocycles. The van der Waals surface area contributed by atoms with Gasteiger partial charge in [0.1, 0.15) is 0 Å². The van der Waals surface area contributed by atoms with E-state index in [0.29, 0.717) is 0 Å². The second-order valence-corrected chi connectivity index (χ2v) is 6.59. The SMILES string of the molecule is Cc1cc2nnc(SCCCN(C)C)n2c2ccccc12. The summed E-state index contributed by atoms with van der Waals surface area (Å²) < 4.78 is 2.17. The number of para-hydroxylation sites is 1. The zero-order valence-electron chi connectivity index (χ0n) is 12.7. The lowest BCUT2D eigenvalue weighted by atomic mass is 10.1. The molecule has 0 atom stereocenters. The molecule has 3 aromatic rings. The van der Waals surface area contributed by atoms with Gasteiger partial charge in [-0.05, 0) is 51.7 Å². The first-order chi connectivity index (χ1) is 10.2. The van der Waals surface area contributed by atoms with E-state index < -0.39 is 0 Å². The molecule has 2 heterocycles. The summed E-state index contributed by atoms with van der Waals surface area (Å²) in [6.45, 7) is 3.23. The minimum atomic E-state index is 0.932. The molecule has 0 saturated carbocycles. The van der Waals surface area contributed by atoms with Crippen molar-refractivity contribution in [1.29, 1.82) is 0 Å². The third-order valence-corrected chi connectivity index (χ3v) is 4.57. The van der Waals surface area contributed by atoms with E-state index in [1.165, 1.54) is 16.5 Å². The third-order valence-electron chi connectivity index (χ3n) is 3.55. The lowest BCUT2D eigenvalue weighted by molar-refractivity contribution is 0.410. The van der Waals surface area contributed by atoms with Gasteiger partial charge >= 0.3 is 0 Å². The molecule has 0 saturated heterocycles. The summed E-state index contributed by atoms with van der Waals surface area (Å²) in [5.74, 6) is 1.06. The number of benzene rings is 1. The highest BCUT2D eigenvalue weighted by molar-refractivity contribution is 7.99. The van der Waals surface area contributed by atoms with E-state index in [4.69, 9.17) is 0 Å². The van der Waals surface area contributed by atoms with Gasteiger partial charge in [-0.1, -0.05) is 30.0 Å². The Labute approximate surface area is 129 Å². The molecule has 110 valence electrons. The number of fused-ring (bicyclic) bond motifs is 3. The van der Waals surface area contributed by atoms with Gasteiger partial charge in [0.15, 0.2) is 10.8 Å². The summed E-state index contributed by atoms with van der Waals surface area (Å²) in [5, 5.41) is 10.9. The zero-order valence-corrected chi connectivity index (χ0v) is 13.5. The molecule has 5 heteroatoms. The lowest BCUT2D eigenvalue weighted by Crippen LogP contribution is -2.13. The Morgan fingerprint density at radius 1 is 1.19 bits per heavy atom. The summed E-state index contributed by atoms with van der Waals surface area (Å²) in [7, 11) is 4.21. The van der Waals surface area contributed by atoms with Crippen LogP contribution in [-0.2, 0) is 0 Å². The standard InChI is InChI=1S/C16H20N4S/c1-12-11-15-17-18-16(21-10-6-9-19(2)3)20(15)14-8-5-4-7-13(12)14/h4-5,7-8,11H,6,9-10H2,1-3H3. The molecule has 0 aliphatic heterocycles. The molecular formula is C16H20N4S. The van der Waals surface area contributed by atoms with Crippen molar-refractivity contribution >= 4 is 28.3 Å². The number of hydrogen-bond acceptors (Lipinski definition) is 4. The Hall–Kier alpha value is -1.59. The quantitative estimate of drug-likeness (QED) is 0.535. The number of hydrogen-bond donors (Lipinski definition) is 0. The highest BCUT2D eigenvalue weighted by Gasteiger charge is 2.10. The van der Waals surface area contributed by atoms with Crippen molar-refractivity contribution in [3.05, 3.63) is 35.9 Å². The van der Waals surface area contributed by atoms with Gasteiger partial charge in [-0.2, -0.15) is 0 Å². The van der Waals surface area contributed by atoms with E-state index in [2.05, 4.69) is 70.8 Å². The summed E-state index contributed by atoms with van der Waals surface area (Å²) in [6, 6.07) is 10.6. The van der Waals surface area contributed by atoms with Crippen LogP contribution in [0.2, 0.25) is 0 Å². The fourth-order valence-corrected chi connectivity index (χ4v) is 3.39. The van der Waals surface area contributed by atoms with Crippen molar-refractivity contribution in [3.63, 3.8) is 0 Å². The smallest absolute Gasteiger partial charge is 0.196 e. The Kier molecular flexibility index (Phi) is 4.12. The van der Waals surface area contributed by atoms with E-state index >= 15 is 0 Å². The van der Waals surface area contributed by atoms with Gasteiger partial charge in [0.2, 0.25) is 0 Å². The molecule has 3 rings (SSSR count). The zero-order chi connectivity index (χ0) is 14.8. The Balaban J connectivity index is 1.95. The van der Waals surface area contributed by atoms with Crippen LogP contribution in [0, 0.1) is 6.92 Å². The van der Waals surface area contributed by atoms with Crippen molar-refractivity contribution in [3.8, 4) is 0 Å². The maximum Gasteiger partial charge on any atom is 0.196 e. The number of aryl methyl sites for hydroxylation is 1. The molecule has 0 fully saturated rings. The van der Waals surface area contributed by atoms with Crippen LogP contribution in [0.3, 0.4) is 0 Å². The Morgan fingerprint density at radius 2 is 2.00 bits per heavy atom. The molecular weight excluding hydrogens is 280 g/mol. The second-order valence-electron chi connectivity index (χ2n) is 5.53. The number of pyridine rings is 1. The normalized spacial score (nSPS) is 11.8. The molecule has 4 nitrogen and oxygen atoms in total. The maximum absolute atomic E-state index is 4.37. The molecule has 0 spiro atoms. The second kappa shape index (κ2) is 6.03. The first kappa shape index (κ1) is 14.4. The van der Waals surface area contributed by atoms with Crippen LogP contribution in [0.5, 0.6) is 0 Å². The topological polar surface area (TPSA) is 33.4 Å². The fraction of sp³-hybridized carbons (Fsp3) is 0.375. The fourth-order valence-electron chi connectivity index (χ4n) is 2.51. The number of nitrogens with zero attached hydrogens (tertiary/aromatic N) is 4. The van der Waals surface area contributed by atoms with Gasteiger partial charge in [-0.15, -0.1) is 10.2 Å². The van der Waals surface area contributed by atoms with Crippen molar-refractivity contribution in [2.75, 3.05) is 26.4 Å². The number of aromatic nitrogens is 3. The molecule has 21 heavy (non-hydrogen) atoms. The van der Waals surface area contributed by atoms with Crippen molar-refractivity contribution < 1.29 is 0 Å². The molecule has 0 radical (unpaired) electrons. The predicted octanol–water partition coefficient (Wildman–Crippen LogP) is 3.23. The average Bonchev–Trinajstić information content (AvgIpc) is 2.87. The van der Waals surface area contributed by atoms with Gasteiger partial charge in [0.25, 0.3) is 0 Å². The minimum Gasteiger partial charge on any atom is -0.309 e. The highest BCUT2D eigenvalue weighted by Crippen LogP contribution is 2.25. The van der Waals surface area contributed by atoms with Crippen molar-refractivity contribution in [1.82, 2.24) is 19.5 Å². The van der Waals surface area contributed by atoms with Crippen LogP contribution in [0.1, 0.15) is 12.0 Å². The Morgan fingerprint density at radius 3 is 2.81 bits per heavy atom. The Bertz CT molecular complexity index is 763.